The van der Waals surface area contributed by atoms with Gasteiger partial charge in [0, 0.05) is 12.2 Å². The van der Waals surface area contributed by atoms with Crippen LogP contribution in [0.1, 0.15) is 36.5 Å². The van der Waals surface area contributed by atoms with Gasteiger partial charge in [-0.15, -0.1) is 0 Å². The van der Waals surface area contributed by atoms with Crippen molar-refractivity contribution >= 4 is 11.6 Å². The quantitative estimate of drug-likeness (QED) is 0.857. The maximum Gasteiger partial charge on any atom is 0.267 e. The fourth-order valence-electron chi connectivity index (χ4n) is 3.88. The number of hydrogen-bond donors (Lipinski definition) is 0. The molecule has 1 heterocycles. The Morgan fingerprint density at radius 2 is 1.79 bits per heavy atom. The Morgan fingerprint density at radius 3 is 2.71 bits per heavy atom. The Bertz CT molecular complexity index is 768. The molecule has 1 atom stereocenters. The first-order valence-corrected chi connectivity index (χ1v) is 8.91. The van der Waals surface area contributed by atoms with E-state index in [1.807, 2.05) is 42.2 Å². The zero-order valence-electron chi connectivity index (χ0n) is 14.1. The normalized spacial score (nSPS) is 17.1. The molecule has 24 heavy (non-hydrogen) atoms. The molecule has 3 heteroatoms. The largest absolute Gasteiger partial charge is 0.481 e. The van der Waals surface area contributed by atoms with Crippen LogP contribution in [-0.2, 0) is 24.1 Å². The highest BCUT2D eigenvalue weighted by Gasteiger charge is 2.29. The van der Waals surface area contributed by atoms with Crippen LogP contribution in [-0.4, -0.2) is 18.6 Å². The molecule has 4 rings (SSSR count). The maximum absolute atomic E-state index is 12.9. The highest BCUT2D eigenvalue weighted by atomic mass is 16.5. The lowest BCUT2D eigenvalue weighted by atomic mass is 9.91. The van der Waals surface area contributed by atoms with Crippen molar-refractivity contribution < 1.29 is 9.53 Å². The lowest BCUT2D eigenvalue weighted by Crippen LogP contribution is -2.39. The van der Waals surface area contributed by atoms with Gasteiger partial charge in [0.2, 0.25) is 0 Å². The number of carbonyl (C=O) groups is 1. The summed E-state index contributed by atoms with van der Waals surface area (Å²) in [5.74, 6) is 0.939. The monoisotopic (exact) mass is 321 g/mol. The molecular weight excluding hydrogens is 298 g/mol. The molecule has 2 aliphatic rings. The van der Waals surface area contributed by atoms with E-state index in [1.165, 1.54) is 29.5 Å². The zero-order valence-corrected chi connectivity index (χ0v) is 14.1. The molecule has 3 nitrogen and oxygen atoms in total. The Hall–Kier alpha value is -2.29. The number of anilines is 1. The molecule has 124 valence electrons. The summed E-state index contributed by atoms with van der Waals surface area (Å²) in [6, 6.07) is 14.4. The van der Waals surface area contributed by atoms with Gasteiger partial charge in [-0.25, -0.2) is 0 Å². The molecule has 0 bridgehead atoms. The van der Waals surface area contributed by atoms with E-state index < -0.39 is 6.10 Å². The van der Waals surface area contributed by atoms with E-state index >= 15 is 0 Å². The average molecular weight is 321 g/mol. The second kappa shape index (κ2) is 6.31. The van der Waals surface area contributed by atoms with Crippen molar-refractivity contribution in [3.05, 3.63) is 59.2 Å². The van der Waals surface area contributed by atoms with Crippen LogP contribution in [0.2, 0.25) is 0 Å². The van der Waals surface area contributed by atoms with E-state index in [0.717, 1.165) is 37.2 Å². The number of para-hydroxylation sites is 1. The summed E-state index contributed by atoms with van der Waals surface area (Å²) in [5, 5.41) is 0. The van der Waals surface area contributed by atoms with Crippen molar-refractivity contribution in [1.82, 2.24) is 0 Å². The topological polar surface area (TPSA) is 29.5 Å². The van der Waals surface area contributed by atoms with Gasteiger partial charge < -0.3 is 9.64 Å². The fourth-order valence-corrected chi connectivity index (χ4v) is 3.88. The van der Waals surface area contributed by atoms with E-state index in [9.17, 15) is 4.79 Å². The highest BCUT2D eigenvalue weighted by molar-refractivity contribution is 5.98. The molecule has 0 radical (unpaired) electrons. The molecule has 0 N–H and O–H groups in total. The number of fused-ring (bicyclic) bond motifs is 2. The maximum atomic E-state index is 12.9. The van der Waals surface area contributed by atoms with Gasteiger partial charge in [-0.1, -0.05) is 30.3 Å². The summed E-state index contributed by atoms with van der Waals surface area (Å²) < 4.78 is 6.11. The number of rotatable bonds is 3. The number of amides is 1. The SMILES string of the molecule is CC(Oc1cccc2c1CCCC2)C(=O)N1CCc2ccccc21. The fraction of sp³-hybridized carbons (Fsp3) is 0.381. The summed E-state index contributed by atoms with van der Waals surface area (Å²) in [4.78, 5) is 14.8. The van der Waals surface area contributed by atoms with Gasteiger partial charge in [0.25, 0.3) is 5.91 Å². The number of benzene rings is 2. The number of hydrogen-bond acceptors (Lipinski definition) is 2. The molecule has 1 aliphatic heterocycles. The van der Waals surface area contributed by atoms with E-state index in [2.05, 4.69) is 12.1 Å². The summed E-state index contributed by atoms with van der Waals surface area (Å²) in [7, 11) is 0. The van der Waals surface area contributed by atoms with Crippen LogP contribution in [0.4, 0.5) is 5.69 Å². The minimum atomic E-state index is -0.468. The third-order valence-corrected chi connectivity index (χ3v) is 5.16. The third kappa shape index (κ3) is 2.68. The van der Waals surface area contributed by atoms with E-state index in [1.54, 1.807) is 0 Å². The van der Waals surface area contributed by atoms with Crippen molar-refractivity contribution in [3.8, 4) is 5.75 Å². The van der Waals surface area contributed by atoms with Gasteiger partial charge >= 0.3 is 0 Å². The van der Waals surface area contributed by atoms with Crippen LogP contribution in [0.5, 0.6) is 5.75 Å². The van der Waals surface area contributed by atoms with Crippen molar-refractivity contribution in [2.75, 3.05) is 11.4 Å². The van der Waals surface area contributed by atoms with Gasteiger partial charge in [0.1, 0.15) is 5.75 Å². The van der Waals surface area contributed by atoms with Gasteiger partial charge in [-0.05, 0) is 67.9 Å². The zero-order chi connectivity index (χ0) is 16.5. The smallest absolute Gasteiger partial charge is 0.267 e. The standard InChI is InChI=1S/C21H23NO2/c1-15(21(23)22-14-13-17-8-3-5-11-19(17)22)24-20-12-6-9-16-7-2-4-10-18(16)20/h3,5-6,8-9,11-12,15H,2,4,7,10,13-14H2,1H3. The van der Waals surface area contributed by atoms with Crippen molar-refractivity contribution in [2.45, 2.75) is 45.1 Å². The molecule has 1 amide bonds. The summed E-state index contributed by atoms with van der Waals surface area (Å²) in [6.07, 6.45) is 5.08. The molecule has 1 unspecified atom stereocenters. The van der Waals surface area contributed by atoms with Crippen LogP contribution in [0.15, 0.2) is 42.5 Å². The predicted molar refractivity (Wildman–Crippen MR) is 95.7 cm³/mol. The first kappa shape index (κ1) is 15.3. The number of aryl methyl sites for hydroxylation is 1. The molecule has 0 spiro atoms. The Balaban J connectivity index is 1.53. The molecule has 2 aromatic carbocycles. The van der Waals surface area contributed by atoms with Gasteiger partial charge in [0.05, 0.1) is 0 Å². The van der Waals surface area contributed by atoms with Crippen LogP contribution < -0.4 is 9.64 Å². The second-order valence-electron chi connectivity index (χ2n) is 6.73. The summed E-state index contributed by atoms with van der Waals surface area (Å²) >= 11 is 0. The summed E-state index contributed by atoms with van der Waals surface area (Å²) in [6.45, 7) is 2.62. The molecule has 0 fully saturated rings. The van der Waals surface area contributed by atoms with Crippen molar-refractivity contribution in [2.24, 2.45) is 0 Å². The van der Waals surface area contributed by atoms with Gasteiger partial charge in [0.15, 0.2) is 6.10 Å². The van der Waals surface area contributed by atoms with E-state index in [4.69, 9.17) is 4.74 Å². The predicted octanol–water partition coefficient (Wildman–Crippen LogP) is 3.92. The van der Waals surface area contributed by atoms with Crippen molar-refractivity contribution in [3.63, 3.8) is 0 Å². The molecule has 0 saturated heterocycles. The average Bonchev–Trinajstić information content (AvgIpc) is 3.05. The first-order valence-electron chi connectivity index (χ1n) is 8.91. The summed E-state index contributed by atoms with van der Waals surface area (Å²) in [5.41, 5.74) is 4.96. The van der Waals surface area contributed by atoms with Gasteiger partial charge in [-0.2, -0.15) is 0 Å². The molecule has 2 aromatic rings. The van der Waals surface area contributed by atoms with Crippen LogP contribution in [0, 0.1) is 0 Å². The van der Waals surface area contributed by atoms with Crippen LogP contribution in [0.3, 0.4) is 0 Å². The Labute approximate surface area is 143 Å². The Kier molecular flexibility index (Phi) is 4.01. The number of nitrogens with zero attached hydrogens (tertiary/aromatic N) is 1. The Morgan fingerprint density at radius 1 is 1.00 bits per heavy atom. The lowest BCUT2D eigenvalue weighted by Gasteiger charge is -2.25. The number of carbonyl (C=O) groups excluding carboxylic acids is 1. The van der Waals surface area contributed by atoms with Crippen LogP contribution in [0.25, 0.3) is 0 Å². The number of ether oxygens (including phenoxy) is 1. The van der Waals surface area contributed by atoms with Gasteiger partial charge in [-0.3, -0.25) is 4.79 Å². The minimum absolute atomic E-state index is 0.0494. The highest BCUT2D eigenvalue weighted by Crippen LogP contribution is 2.32. The lowest BCUT2D eigenvalue weighted by molar-refractivity contribution is -0.124. The third-order valence-electron chi connectivity index (χ3n) is 5.16. The van der Waals surface area contributed by atoms with E-state index in [-0.39, 0.29) is 5.91 Å². The second-order valence-corrected chi connectivity index (χ2v) is 6.73. The van der Waals surface area contributed by atoms with Crippen molar-refractivity contribution in [1.29, 1.82) is 0 Å². The molecular formula is C21H23NO2. The molecule has 0 aromatic heterocycles. The van der Waals surface area contributed by atoms with E-state index in [0.29, 0.717) is 0 Å². The molecule has 0 saturated carbocycles. The molecule has 1 aliphatic carbocycles. The van der Waals surface area contributed by atoms with Crippen LogP contribution >= 0.6 is 0 Å². The first-order chi connectivity index (χ1) is 11.7. The minimum Gasteiger partial charge on any atom is -0.481 e.